The first-order valence-electron chi connectivity index (χ1n) is 11.4. The fourth-order valence-electron chi connectivity index (χ4n) is 4.90. The molecule has 3 aliphatic rings. The smallest absolute Gasteiger partial charge is 0.139 e. The zero-order valence-corrected chi connectivity index (χ0v) is 18.4. The zero-order valence-electron chi connectivity index (χ0n) is 18.4. The van der Waals surface area contributed by atoms with E-state index in [-0.39, 0.29) is 6.17 Å². The third-order valence-electron chi connectivity index (χ3n) is 6.60. The molecule has 0 amide bonds. The van der Waals surface area contributed by atoms with Gasteiger partial charge in [-0.3, -0.25) is 0 Å². The van der Waals surface area contributed by atoms with Gasteiger partial charge >= 0.3 is 0 Å². The lowest BCUT2D eigenvalue weighted by atomic mass is 9.89. The molecular formula is C27H27N5. The van der Waals surface area contributed by atoms with Gasteiger partial charge in [0.1, 0.15) is 17.9 Å². The number of hydrogen-bond donors (Lipinski definition) is 1. The molecule has 0 aliphatic carbocycles. The van der Waals surface area contributed by atoms with Gasteiger partial charge < -0.3 is 10.2 Å². The van der Waals surface area contributed by atoms with Crippen molar-refractivity contribution in [2.75, 3.05) is 18.4 Å². The Bertz CT molecular complexity index is 1170. The van der Waals surface area contributed by atoms with Crippen LogP contribution in [0.15, 0.2) is 64.2 Å². The number of aliphatic imine (C=N–C) groups is 2. The quantitative estimate of drug-likeness (QED) is 0.610. The summed E-state index contributed by atoms with van der Waals surface area (Å²) in [7, 11) is 0. The lowest BCUT2D eigenvalue weighted by Gasteiger charge is -2.37. The molecule has 3 aliphatic heterocycles. The van der Waals surface area contributed by atoms with Crippen LogP contribution in [-0.2, 0) is 6.42 Å². The average molecular weight is 422 g/mol. The van der Waals surface area contributed by atoms with E-state index in [1.165, 1.54) is 24.1 Å². The molecule has 5 nitrogen and oxygen atoms in total. The van der Waals surface area contributed by atoms with Gasteiger partial charge in [-0.15, -0.1) is 0 Å². The molecule has 1 fully saturated rings. The first-order valence-corrected chi connectivity index (χ1v) is 11.4. The summed E-state index contributed by atoms with van der Waals surface area (Å²) in [6.07, 6.45) is 8.03. The van der Waals surface area contributed by atoms with Crippen LogP contribution in [0.2, 0.25) is 0 Å². The molecule has 1 unspecified atom stereocenters. The summed E-state index contributed by atoms with van der Waals surface area (Å²) in [5.74, 6) is 3.65. The molecule has 3 heterocycles. The number of fused-ring (bicyclic) bond motifs is 1. The van der Waals surface area contributed by atoms with Crippen molar-refractivity contribution in [3.05, 3.63) is 70.9 Å². The number of dihydropyridines is 1. The molecule has 1 N–H and O–H groups in total. The molecule has 1 saturated heterocycles. The van der Waals surface area contributed by atoms with Crippen LogP contribution in [0.1, 0.15) is 36.0 Å². The Labute approximate surface area is 189 Å². The number of hydrogen-bond acceptors (Lipinski definition) is 5. The van der Waals surface area contributed by atoms with E-state index in [0.29, 0.717) is 5.71 Å². The molecule has 0 saturated carbocycles. The van der Waals surface area contributed by atoms with Gasteiger partial charge in [0.2, 0.25) is 0 Å². The van der Waals surface area contributed by atoms with E-state index in [0.717, 1.165) is 54.4 Å². The van der Waals surface area contributed by atoms with E-state index in [1.807, 2.05) is 18.2 Å². The van der Waals surface area contributed by atoms with Crippen molar-refractivity contribution < 1.29 is 0 Å². The number of anilines is 1. The van der Waals surface area contributed by atoms with E-state index in [1.54, 1.807) is 0 Å². The molecule has 0 bridgehead atoms. The monoisotopic (exact) mass is 421 g/mol. The third kappa shape index (κ3) is 4.37. The highest BCUT2D eigenvalue weighted by molar-refractivity contribution is 6.08. The SMILES string of the molecule is Cc1cc(NC2CC(N3CCC(Cc4ccccc4)CC3)=CC(C#N)=N2)cc2c1C=C=N2. The molecule has 2 aromatic rings. The van der Waals surface area contributed by atoms with E-state index in [9.17, 15) is 5.26 Å². The van der Waals surface area contributed by atoms with Gasteiger partial charge in [0.15, 0.2) is 0 Å². The Morgan fingerprint density at radius 1 is 1.19 bits per heavy atom. The molecule has 0 radical (unpaired) electrons. The van der Waals surface area contributed by atoms with Crippen molar-refractivity contribution in [1.29, 1.82) is 5.26 Å². The molecular weight excluding hydrogens is 394 g/mol. The highest BCUT2D eigenvalue weighted by Crippen LogP contribution is 2.32. The van der Waals surface area contributed by atoms with E-state index in [4.69, 9.17) is 0 Å². The summed E-state index contributed by atoms with van der Waals surface area (Å²) >= 11 is 0. The first kappa shape index (κ1) is 20.3. The second-order valence-electron chi connectivity index (χ2n) is 8.86. The summed E-state index contributed by atoms with van der Waals surface area (Å²) in [6, 6.07) is 17.2. The minimum absolute atomic E-state index is 0.150. The van der Waals surface area contributed by atoms with Gasteiger partial charge in [-0.05, 0) is 67.3 Å². The van der Waals surface area contributed by atoms with E-state index < -0.39 is 0 Å². The summed E-state index contributed by atoms with van der Waals surface area (Å²) < 4.78 is 0. The predicted octanol–water partition coefficient (Wildman–Crippen LogP) is 5.27. The van der Waals surface area contributed by atoms with Gasteiger partial charge in [-0.1, -0.05) is 30.3 Å². The summed E-state index contributed by atoms with van der Waals surface area (Å²) in [4.78, 5) is 11.4. The van der Waals surface area contributed by atoms with E-state index in [2.05, 4.69) is 75.5 Å². The Balaban J connectivity index is 1.24. The van der Waals surface area contributed by atoms with Gasteiger partial charge in [-0.2, -0.15) is 5.26 Å². The molecule has 2 aromatic carbocycles. The lowest BCUT2D eigenvalue weighted by molar-refractivity contribution is 0.218. The second kappa shape index (κ2) is 8.86. The highest BCUT2D eigenvalue weighted by atomic mass is 15.2. The minimum Gasteiger partial charge on any atom is -0.375 e. The van der Waals surface area contributed by atoms with Crippen LogP contribution >= 0.6 is 0 Å². The molecule has 160 valence electrons. The zero-order chi connectivity index (χ0) is 21.9. The number of rotatable bonds is 5. The van der Waals surface area contributed by atoms with Gasteiger partial charge in [0, 0.05) is 42.5 Å². The summed E-state index contributed by atoms with van der Waals surface area (Å²) in [6.45, 7) is 4.15. The maximum atomic E-state index is 9.57. The molecule has 1 atom stereocenters. The number of nitrogens with one attached hydrogen (secondary N) is 1. The topological polar surface area (TPSA) is 63.8 Å². The molecule has 32 heavy (non-hydrogen) atoms. The fourth-order valence-corrected chi connectivity index (χ4v) is 4.90. The van der Waals surface area contributed by atoms with Crippen molar-refractivity contribution in [2.24, 2.45) is 15.9 Å². The van der Waals surface area contributed by atoms with Crippen molar-refractivity contribution in [2.45, 2.75) is 38.8 Å². The largest absolute Gasteiger partial charge is 0.375 e. The average Bonchev–Trinajstić information content (AvgIpc) is 3.29. The number of aryl methyl sites for hydroxylation is 1. The summed E-state index contributed by atoms with van der Waals surface area (Å²) in [5.41, 5.74) is 7.34. The van der Waals surface area contributed by atoms with Crippen LogP contribution in [0.25, 0.3) is 6.08 Å². The van der Waals surface area contributed by atoms with Crippen LogP contribution in [0.5, 0.6) is 0 Å². The fraction of sp³-hybridized carbons (Fsp3) is 0.333. The van der Waals surface area contributed by atoms with E-state index >= 15 is 0 Å². The highest BCUT2D eigenvalue weighted by Gasteiger charge is 2.25. The van der Waals surface area contributed by atoms with Crippen molar-refractivity contribution >= 4 is 29.0 Å². The van der Waals surface area contributed by atoms with Crippen LogP contribution in [0.4, 0.5) is 11.4 Å². The van der Waals surface area contributed by atoms with Crippen molar-refractivity contribution in [3.63, 3.8) is 0 Å². The number of likely N-dealkylation sites (tertiary alicyclic amines) is 1. The molecule has 0 aromatic heterocycles. The molecule has 5 rings (SSSR count). The first-order chi connectivity index (χ1) is 15.7. The molecule has 0 spiro atoms. The lowest BCUT2D eigenvalue weighted by Crippen LogP contribution is -2.37. The van der Waals surface area contributed by atoms with Gasteiger partial charge in [0.25, 0.3) is 0 Å². The maximum Gasteiger partial charge on any atom is 0.139 e. The van der Waals surface area contributed by atoms with Crippen LogP contribution < -0.4 is 5.32 Å². The normalized spacial score (nSPS) is 19.9. The number of allylic oxidation sites excluding steroid dienone is 1. The second-order valence-corrected chi connectivity index (χ2v) is 8.86. The Kier molecular flexibility index (Phi) is 5.62. The number of nitrogens with zero attached hydrogens (tertiary/aromatic N) is 4. The number of piperidine rings is 1. The van der Waals surface area contributed by atoms with Gasteiger partial charge in [-0.25, -0.2) is 9.98 Å². The maximum absolute atomic E-state index is 9.57. The van der Waals surface area contributed by atoms with Crippen LogP contribution in [0.3, 0.4) is 0 Å². The molecule has 5 heteroatoms. The Morgan fingerprint density at radius 2 is 2.00 bits per heavy atom. The number of benzene rings is 2. The van der Waals surface area contributed by atoms with Gasteiger partial charge in [0.05, 0.1) is 5.69 Å². The standard InChI is InChI=1S/C27H27N5/c1-19-13-22(16-26-25(19)7-10-29-26)30-27-17-24(15-23(18-28)31-27)32-11-8-21(9-12-32)14-20-5-3-2-4-6-20/h2-7,13,15-16,21,27,30H,8-9,11-12,14,17H2,1H3. The number of nitriles is 1. The Hall–Kier alpha value is -3.61. The summed E-state index contributed by atoms with van der Waals surface area (Å²) in [5, 5.41) is 13.1. The predicted molar refractivity (Wildman–Crippen MR) is 130 cm³/mol. The van der Waals surface area contributed by atoms with Crippen LogP contribution in [-0.4, -0.2) is 35.7 Å². The van der Waals surface area contributed by atoms with Crippen molar-refractivity contribution in [1.82, 2.24) is 4.90 Å². The Morgan fingerprint density at radius 3 is 2.78 bits per heavy atom. The third-order valence-corrected chi connectivity index (χ3v) is 6.60. The van der Waals surface area contributed by atoms with Crippen molar-refractivity contribution in [3.8, 4) is 6.07 Å². The van der Waals surface area contributed by atoms with Crippen LogP contribution in [0, 0.1) is 24.2 Å². The minimum atomic E-state index is -0.150.